The van der Waals surface area contributed by atoms with E-state index >= 15 is 0 Å². The zero-order valence-corrected chi connectivity index (χ0v) is 40.3. The molecule has 0 aromatic rings. The van der Waals surface area contributed by atoms with Crippen LogP contribution in [0.3, 0.4) is 0 Å². The van der Waals surface area contributed by atoms with Crippen LogP contribution < -0.4 is 5.32 Å². The SMILES string of the molecule is CC/C=C/C/C=C/C/C=C/CCCCCCCCC(=O)OC(CCC/C=C/C=C/CCCCCCCCC)CC(=O)NC(CO)C(O)CCCCCCCCCCCCCC. The van der Waals surface area contributed by atoms with Gasteiger partial charge in [0, 0.05) is 6.42 Å². The number of nitrogens with one attached hydrogen (secondary N) is 1. The van der Waals surface area contributed by atoms with Gasteiger partial charge in [-0.2, -0.15) is 0 Å². The fourth-order valence-electron chi connectivity index (χ4n) is 7.68. The number of hydrogen-bond acceptors (Lipinski definition) is 5. The number of carbonyl (C=O) groups excluding carboxylic acids is 2. The van der Waals surface area contributed by atoms with Crippen LogP contribution in [-0.4, -0.2) is 46.9 Å². The highest BCUT2D eigenvalue weighted by atomic mass is 16.5. The summed E-state index contributed by atoms with van der Waals surface area (Å²) in [6.45, 7) is 6.35. The van der Waals surface area contributed by atoms with Crippen molar-refractivity contribution in [2.75, 3.05) is 6.61 Å². The fraction of sp³-hybridized carbons (Fsp3) is 0.782. The van der Waals surface area contributed by atoms with Crippen LogP contribution in [-0.2, 0) is 14.3 Å². The Kier molecular flexibility index (Phi) is 46.6. The molecule has 0 rings (SSSR count). The fourth-order valence-corrected chi connectivity index (χ4v) is 7.68. The van der Waals surface area contributed by atoms with E-state index in [1.807, 2.05) is 0 Å². The molecule has 3 unspecified atom stereocenters. The van der Waals surface area contributed by atoms with E-state index in [1.54, 1.807) is 0 Å². The number of amides is 1. The second-order valence-corrected chi connectivity index (χ2v) is 17.6. The smallest absolute Gasteiger partial charge is 0.306 e. The van der Waals surface area contributed by atoms with Crippen molar-refractivity contribution in [3.8, 4) is 0 Å². The summed E-state index contributed by atoms with van der Waals surface area (Å²) in [4.78, 5) is 26.1. The minimum atomic E-state index is -0.802. The lowest BCUT2D eigenvalue weighted by Crippen LogP contribution is -2.46. The van der Waals surface area contributed by atoms with Gasteiger partial charge < -0.3 is 20.3 Å². The Bertz CT molecular complexity index is 1090. The molecule has 0 aromatic heterocycles. The molecule has 3 atom stereocenters. The first kappa shape index (κ1) is 58.6. The molecule has 0 bridgehead atoms. The molecule has 0 aliphatic heterocycles. The van der Waals surface area contributed by atoms with Gasteiger partial charge >= 0.3 is 5.97 Å². The van der Waals surface area contributed by atoms with Gasteiger partial charge in [0.15, 0.2) is 0 Å². The summed E-state index contributed by atoms with van der Waals surface area (Å²) in [6.07, 6.45) is 60.0. The predicted octanol–water partition coefficient (Wildman–Crippen LogP) is 15.6. The lowest BCUT2D eigenvalue weighted by molar-refractivity contribution is -0.151. The van der Waals surface area contributed by atoms with E-state index in [0.717, 1.165) is 83.5 Å². The van der Waals surface area contributed by atoms with E-state index in [0.29, 0.717) is 19.3 Å². The van der Waals surface area contributed by atoms with Crippen LogP contribution in [0.25, 0.3) is 0 Å². The standard InChI is InChI=1S/C55H99NO5/c1-4-7-10-13-16-19-22-25-27-28-30-33-36-39-42-45-48-55(60)61-51(46-43-40-37-34-31-29-26-23-20-17-14-11-8-5-2)49-54(59)56-52(50-57)53(58)47-44-41-38-35-32-24-21-18-15-12-9-6-3/h7,10,16,19,25,27,29,31,34,37,51-53,57-58H,4-6,8-9,11-15,17-18,20-24,26,28,30,32-33,35-36,38-50H2,1-3H3,(H,56,59)/b10-7+,19-16+,27-25+,31-29+,37-34+. The summed E-state index contributed by atoms with van der Waals surface area (Å²) in [6, 6.07) is -0.719. The zero-order valence-electron chi connectivity index (χ0n) is 40.3. The first-order chi connectivity index (χ1) is 30.0. The van der Waals surface area contributed by atoms with Crippen molar-refractivity contribution in [1.29, 1.82) is 0 Å². The molecule has 0 fully saturated rings. The first-order valence-corrected chi connectivity index (χ1v) is 26.0. The molecular formula is C55H99NO5. The maximum Gasteiger partial charge on any atom is 0.306 e. The lowest BCUT2D eigenvalue weighted by atomic mass is 10.0. The zero-order chi connectivity index (χ0) is 44.5. The monoisotopic (exact) mass is 854 g/mol. The summed E-state index contributed by atoms with van der Waals surface area (Å²) >= 11 is 0. The molecule has 354 valence electrons. The first-order valence-electron chi connectivity index (χ1n) is 26.0. The molecule has 0 aliphatic carbocycles. The largest absolute Gasteiger partial charge is 0.462 e. The van der Waals surface area contributed by atoms with Crippen molar-refractivity contribution in [1.82, 2.24) is 5.32 Å². The van der Waals surface area contributed by atoms with E-state index in [1.165, 1.54) is 122 Å². The molecule has 0 heterocycles. The Morgan fingerprint density at radius 3 is 1.48 bits per heavy atom. The number of aliphatic hydroxyl groups excluding tert-OH is 2. The molecule has 6 heteroatoms. The second kappa shape index (κ2) is 48.6. The molecule has 6 nitrogen and oxygen atoms in total. The third kappa shape index (κ3) is 44.0. The molecule has 3 N–H and O–H groups in total. The van der Waals surface area contributed by atoms with Gasteiger partial charge in [-0.05, 0) is 77.0 Å². The van der Waals surface area contributed by atoms with Gasteiger partial charge in [-0.3, -0.25) is 9.59 Å². The summed E-state index contributed by atoms with van der Waals surface area (Å²) < 4.78 is 5.90. The van der Waals surface area contributed by atoms with Crippen LogP contribution in [0.4, 0.5) is 0 Å². The number of esters is 1. The van der Waals surface area contributed by atoms with Crippen LogP contribution >= 0.6 is 0 Å². The number of aliphatic hydroxyl groups is 2. The number of allylic oxidation sites excluding steroid dienone is 10. The predicted molar refractivity (Wildman–Crippen MR) is 264 cm³/mol. The minimum absolute atomic E-state index is 0.0384. The molecule has 61 heavy (non-hydrogen) atoms. The summed E-state index contributed by atoms with van der Waals surface area (Å²) in [7, 11) is 0. The van der Waals surface area contributed by atoms with Gasteiger partial charge in [0.25, 0.3) is 0 Å². The Labute approximate surface area is 378 Å². The highest BCUT2D eigenvalue weighted by Gasteiger charge is 2.24. The number of unbranched alkanes of at least 4 members (excludes halogenated alkanes) is 25. The second-order valence-electron chi connectivity index (χ2n) is 17.6. The topological polar surface area (TPSA) is 95.9 Å². The maximum atomic E-state index is 13.2. The van der Waals surface area contributed by atoms with Crippen LogP contribution in [0.1, 0.15) is 252 Å². The molecular weight excluding hydrogens is 755 g/mol. The average Bonchev–Trinajstić information content (AvgIpc) is 3.25. The van der Waals surface area contributed by atoms with Gasteiger partial charge in [-0.15, -0.1) is 0 Å². The Morgan fingerprint density at radius 1 is 0.508 bits per heavy atom. The van der Waals surface area contributed by atoms with Crippen molar-refractivity contribution in [3.63, 3.8) is 0 Å². The van der Waals surface area contributed by atoms with Crippen molar-refractivity contribution < 1.29 is 24.5 Å². The Hall–Kier alpha value is -2.44. The number of ether oxygens (including phenoxy) is 1. The normalized spacial score (nSPS) is 13.7. The number of rotatable bonds is 46. The van der Waals surface area contributed by atoms with Gasteiger partial charge in [-0.25, -0.2) is 0 Å². The van der Waals surface area contributed by atoms with E-state index in [4.69, 9.17) is 4.74 Å². The van der Waals surface area contributed by atoms with Crippen LogP contribution in [0.5, 0.6) is 0 Å². The van der Waals surface area contributed by atoms with E-state index in [9.17, 15) is 19.8 Å². The van der Waals surface area contributed by atoms with Crippen LogP contribution in [0.2, 0.25) is 0 Å². The number of carbonyl (C=O) groups is 2. The van der Waals surface area contributed by atoms with E-state index in [2.05, 4.69) is 86.8 Å². The van der Waals surface area contributed by atoms with Gasteiger partial charge in [0.1, 0.15) is 6.10 Å². The molecule has 0 radical (unpaired) electrons. The number of hydrogen-bond donors (Lipinski definition) is 3. The highest BCUT2D eigenvalue weighted by Crippen LogP contribution is 2.17. The summed E-state index contributed by atoms with van der Waals surface area (Å²) in [5.41, 5.74) is 0. The van der Waals surface area contributed by atoms with Gasteiger partial charge in [0.05, 0.1) is 25.2 Å². The minimum Gasteiger partial charge on any atom is -0.462 e. The third-order valence-electron chi connectivity index (χ3n) is 11.6. The van der Waals surface area contributed by atoms with Gasteiger partial charge in [-0.1, -0.05) is 223 Å². The van der Waals surface area contributed by atoms with Crippen LogP contribution in [0.15, 0.2) is 60.8 Å². The van der Waals surface area contributed by atoms with Crippen molar-refractivity contribution in [2.45, 2.75) is 270 Å². The third-order valence-corrected chi connectivity index (χ3v) is 11.6. The van der Waals surface area contributed by atoms with Gasteiger partial charge in [0.2, 0.25) is 5.91 Å². The Balaban J connectivity index is 4.66. The van der Waals surface area contributed by atoms with E-state index < -0.39 is 18.2 Å². The molecule has 0 saturated heterocycles. The molecule has 0 spiro atoms. The highest BCUT2D eigenvalue weighted by molar-refractivity contribution is 5.77. The Morgan fingerprint density at radius 2 is 0.951 bits per heavy atom. The molecule has 0 aromatic carbocycles. The average molecular weight is 854 g/mol. The molecule has 0 saturated carbocycles. The molecule has 0 aliphatic rings. The summed E-state index contributed by atoms with van der Waals surface area (Å²) in [5, 5.41) is 23.7. The van der Waals surface area contributed by atoms with Crippen molar-refractivity contribution in [3.05, 3.63) is 60.8 Å². The lowest BCUT2D eigenvalue weighted by Gasteiger charge is -2.24. The quantitative estimate of drug-likeness (QED) is 0.0245. The maximum absolute atomic E-state index is 13.2. The van der Waals surface area contributed by atoms with Crippen LogP contribution in [0, 0.1) is 0 Å². The summed E-state index contributed by atoms with van der Waals surface area (Å²) in [5.74, 6) is -0.534. The van der Waals surface area contributed by atoms with Crippen molar-refractivity contribution >= 4 is 11.9 Å². The van der Waals surface area contributed by atoms with E-state index in [-0.39, 0.29) is 24.9 Å². The molecule has 1 amide bonds. The van der Waals surface area contributed by atoms with Crippen molar-refractivity contribution in [2.24, 2.45) is 0 Å².